The maximum Gasteiger partial charge on any atom is 0.224 e. The van der Waals surface area contributed by atoms with Crippen LogP contribution in [0.15, 0.2) is 77.5 Å². The van der Waals surface area contributed by atoms with E-state index in [0.717, 1.165) is 46.1 Å². The van der Waals surface area contributed by atoms with Gasteiger partial charge in [0.25, 0.3) is 0 Å². The van der Waals surface area contributed by atoms with Crippen LogP contribution in [0.5, 0.6) is 0 Å². The lowest BCUT2D eigenvalue weighted by Crippen LogP contribution is -1.92. The van der Waals surface area contributed by atoms with E-state index in [1.807, 2.05) is 72.4 Å². The summed E-state index contributed by atoms with van der Waals surface area (Å²) in [5.41, 5.74) is 1.42. The van der Waals surface area contributed by atoms with Gasteiger partial charge in [-0.05, 0) is 23.5 Å². The van der Waals surface area contributed by atoms with Crippen molar-refractivity contribution in [2.24, 2.45) is 0 Å². The number of rotatable bonds is 12. The molecule has 0 radical (unpaired) electrons. The fourth-order valence-corrected chi connectivity index (χ4v) is 15.7. The quantitative estimate of drug-likeness (QED) is 0.0819. The molecule has 0 spiro atoms. The Hall–Kier alpha value is 0.0700. The number of benzene rings is 2. The summed E-state index contributed by atoms with van der Waals surface area (Å²) in [6.07, 6.45) is 0. The van der Waals surface area contributed by atoms with Gasteiger partial charge in [0.15, 0.2) is 0 Å². The van der Waals surface area contributed by atoms with Gasteiger partial charge < -0.3 is 0 Å². The van der Waals surface area contributed by atoms with Crippen molar-refractivity contribution in [2.45, 2.75) is 16.8 Å². The Balaban J connectivity index is 1.19. The van der Waals surface area contributed by atoms with Crippen LogP contribution in [-0.4, -0.2) is 33.2 Å². The maximum absolute atomic E-state index is 12.6. The molecule has 0 N–H and O–H groups in total. The fraction of sp³-hybridized carbons (Fsp3) is 0.167. The third kappa shape index (κ3) is 9.59. The minimum atomic E-state index is 0.0534. The third-order valence-electron chi connectivity index (χ3n) is 4.35. The second kappa shape index (κ2) is 15.8. The molecule has 0 aliphatic carbocycles. The van der Waals surface area contributed by atoms with Crippen LogP contribution in [0.4, 0.5) is 0 Å². The monoisotopic (exact) mass is 690 g/mol. The maximum atomic E-state index is 12.6. The van der Waals surface area contributed by atoms with E-state index in [1.165, 1.54) is 46.2 Å². The lowest BCUT2D eigenvalue weighted by molar-refractivity contribution is 0.108. The predicted molar refractivity (Wildman–Crippen MR) is 178 cm³/mol. The van der Waals surface area contributed by atoms with Gasteiger partial charge in [-0.25, -0.2) is 0 Å². The summed E-state index contributed by atoms with van der Waals surface area (Å²) >= 11 is 25.1. The molecule has 0 amide bonds. The summed E-state index contributed by atoms with van der Waals surface area (Å²) in [4.78, 5) is 25.2. The van der Waals surface area contributed by atoms with Gasteiger partial charge >= 0.3 is 0 Å². The molecule has 0 atom stereocenters. The molecule has 0 saturated carbocycles. The van der Waals surface area contributed by atoms with Gasteiger partial charge in [-0.15, -0.1) is 68.9 Å². The molecule has 37 heavy (non-hydrogen) atoms. The highest BCUT2D eigenvalue weighted by Gasteiger charge is 2.16. The van der Waals surface area contributed by atoms with E-state index in [1.54, 1.807) is 46.2 Å². The van der Waals surface area contributed by atoms with Gasteiger partial charge in [-0.1, -0.05) is 85.1 Å². The Bertz CT molecular complexity index is 1320. The molecule has 2 aromatic heterocycles. The zero-order valence-corrected chi connectivity index (χ0v) is 27.9. The Labute approximate surface area is 263 Å². The van der Waals surface area contributed by atoms with Gasteiger partial charge in [0.1, 0.15) is 6.28 Å². The number of carbonyl (C=O) groups is 2. The molecule has 0 aliphatic heterocycles. The predicted octanol–water partition coefficient (Wildman–Crippen LogP) is 10.9. The van der Waals surface area contributed by atoms with Gasteiger partial charge in [0, 0.05) is 34.1 Å². The van der Waals surface area contributed by atoms with Crippen LogP contribution in [0.25, 0.3) is 0 Å². The minimum Gasteiger partial charge on any atom is -0.281 e. The van der Waals surface area contributed by atoms with Crippen molar-refractivity contribution >= 4 is 139 Å². The number of hydrogen-bond donors (Lipinski definition) is 0. The second-order valence-electron chi connectivity index (χ2n) is 6.88. The zero-order chi connectivity index (χ0) is 26.0. The normalized spacial score (nSPS) is 11.0. The molecule has 2 aromatic carbocycles. The van der Waals surface area contributed by atoms with Crippen molar-refractivity contribution in [3.05, 3.63) is 78.1 Å². The Kier molecular flexibility index (Phi) is 12.8. The van der Waals surface area contributed by atoms with E-state index in [4.69, 9.17) is 24.4 Å². The Morgan fingerprint density at radius 3 is 1.35 bits per heavy atom. The van der Waals surface area contributed by atoms with E-state index < -0.39 is 0 Å². The summed E-state index contributed by atoms with van der Waals surface area (Å²) in [6.45, 7) is 0. The lowest BCUT2D eigenvalue weighted by atomic mass is 10.2. The summed E-state index contributed by atoms with van der Waals surface area (Å²) in [5, 5.41) is 0.107. The smallest absolute Gasteiger partial charge is 0.224 e. The molecule has 0 bridgehead atoms. The zero-order valence-electron chi connectivity index (χ0n) is 18.9. The van der Waals surface area contributed by atoms with Crippen LogP contribution in [0.2, 0.25) is 0 Å². The summed E-state index contributed by atoms with van der Waals surface area (Å²) in [5.74, 6) is 3.97. The molecule has 0 aliphatic rings. The fourth-order valence-electron chi connectivity index (χ4n) is 2.74. The van der Waals surface area contributed by atoms with Crippen LogP contribution in [0.3, 0.4) is 0 Å². The van der Waals surface area contributed by atoms with E-state index >= 15 is 0 Å². The summed E-state index contributed by atoms with van der Waals surface area (Å²) in [6, 6.07) is 18.7. The lowest BCUT2D eigenvalue weighted by Gasteiger charge is -2.04. The molecular weight excluding hydrogens is 673 g/mol. The van der Waals surface area contributed by atoms with Gasteiger partial charge in [0.05, 0.1) is 16.8 Å². The van der Waals surface area contributed by atoms with Gasteiger partial charge in [0.2, 0.25) is 10.2 Å². The summed E-state index contributed by atoms with van der Waals surface area (Å²) < 4.78 is 6.00. The molecule has 13 heteroatoms. The molecule has 2 heterocycles. The number of hydrogen-bond acceptors (Lipinski definition) is 13. The molecule has 0 unspecified atom stereocenters. The first kappa shape index (κ1) is 30.0. The van der Waals surface area contributed by atoms with Gasteiger partial charge in [-0.3, -0.25) is 9.59 Å². The van der Waals surface area contributed by atoms with Crippen LogP contribution in [0.1, 0.15) is 20.7 Å². The highest BCUT2D eigenvalue weighted by molar-refractivity contribution is 8.17. The van der Waals surface area contributed by atoms with E-state index in [-0.39, 0.29) is 10.2 Å². The Morgan fingerprint density at radius 1 is 0.568 bits per heavy atom. The van der Waals surface area contributed by atoms with Crippen LogP contribution < -0.4 is 0 Å². The van der Waals surface area contributed by atoms with Crippen LogP contribution >= 0.6 is 129 Å². The molecule has 192 valence electrons. The van der Waals surface area contributed by atoms with Gasteiger partial charge in [-0.2, -0.15) is 11.8 Å². The SMILES string of the molecule is O=C(Sc1sc(=S)sc1SCCSCCSc1sc(=S)sc1SC(=O)c1ccccc1)c1ccccc1. The van der Waals surface area contributed by atoms with Crippen molar-refractivity contribution in [3.63, 3.8) is 0 Å². The van der Waals surface area contributed by atoms with Crippen molar-refractivity contribution in [1.29, 1.82) is 0 Å². The topological polar surface area (TPSA) is 34.1 Å². The average molecular weight is 691 g/mol. The minimum absolute atomic E-state index is 0.0534. The standard InChI is InChI=1S/C24H18O2S11/c25-17(15-7-3-1-4-8-15)32-21-19(34-23(27)36-21)30-13-11-29-12-14-31-20-22(37-24(28)35-20)33-18(26)16-9-5-2-6-10-16/h1-10H,11-14H2. The van der Waals surface area contributed by atoms with Crippen molar-refractivity contribution < 1.29 is 9.59 Å². The van der Waals surface area contributed by atoms with Crippen molar-refractivity contribution in [2.75, 3.05) is 23.0 Å². The molecule has 4 aromatic rings. The highest BCUT2D eigenvalue weighted by Crippen LogP contribution is 2.43. The number of thioether (sulfide) groups is 5. The third-order valence-corrected chi connectivity index (χ3v) is 16.7. The molecule has 0 saturated heterocycles. The second-order valence-corrected chi connectivity index (χ2v) is 19.8. The molecule has 0 fully saturated rings. The number of carbonyl (C=O) groups excluding carboxylic acids is 2. The van der Waals surface area contributed by atoms with E-state index in [0.29, 0.717) is 11.1 Å². The van der Waals surface area contributed by atoms with Crippen LogP contribution in [-0.2, 0) is 0 Å². The molecular formula is C24H18O2S11. The first-order chi connectivity index (χ1) is 18.0. The van der Waals surface area contributed by atoms with Crippen molar-refractivity contribution in [3.8, 4) is 0 Å². The summed E-state index contributed by atoms with van der Waals surface area (Å²) in [7, 11) is 0. The Morgan fingerprint density at radius 2 is 0.946 bits per heavy atom. The largest absolute Gasteiger partial charge is 0.281 e. The highest BCUT2D eigenvalue weighted by atomic mass is 32.2. The van der Waals surface area contributed by atoms with E-state index in [9.17, 15) is 9.59 Å². The first-order valence-electron chi connectivity index (χ1n) is 10.7. The van der Waals surface area contributed by atoms with E-state index in [2.05, 4.69) is 0 Å². The van der Waals surface area contributed by atoms with Crippen molar-refractivity contribution in [1.82, 2.24) is 0 Å². The first-order valence-corrected chi connectivity index (χ1v) is 19.5. The average Bonchev–Trinajstić information content (AvgIpc) is 3.44. The molecule has 4 rings (SSSR count). The van der Waals surface area contributed by atoms with Crippen LogP contribution in [0, 0.1) is 6.28 Å². The molecule has 2 nitrogen and oxygen atoms in total.